The Kier molecular flexibility index (Phi) is 56.8. The van der Waals surface area contributed by atoms with E-state index in [2.05, 4.69) is 189 Å². The number of nitrogens with zero attached hydrogens (tertiary/aromatic N) is 12. The number of aliphatic imine (C=N–C) groups is 1. The third kappa shape index (κ3) is 50.4. The van der Waals surface area contributed by atoms with E-state index in [1.807, 2.05) is 35.2 Å². The van der Waals surface area contributed by atoms with Gasteiger partial charge in [-0.15, -0.1) is 0 Å². The van der Waals surface area contributed by atoms with Gasteiger partial charge in [-0.1, -0.05) is 176 Å². The van der Waals surface area contributed by atoms with Crippen molar-refractivity contribution in [3.63, 3.8) is 0 Å². The zero-order chi connectivity index (χ0) is 103. The van der Waals surface area contributed by atoms with Crippen LogP contribution in [0.3, 0.4) is 0 Å². The normalized spacial score (nSPS) is 10.5. The van der Waals surface area contributed by atoms with Gasteiger partial charge in [0.15, 0.2) is 5.82 Å². The van der Waals surface area contributed by atoms with E-state index in [-0.39, 0.29) is 65.7 Å². The Bertz CT molecular complexity index is 5260. The lowest BCUT2D eigenvalue weighted by atomic mass is 10.0. The van der Waals surface area contributed by atoms with Crippen molar-refractivity contribution in [2.24, 2.45) is 75.6 Å². The highest BCUT2D eigenvalue weighted by Gasteiger charge is 2.26. The van der Waals surface area contributed by atoms with Gasteiger partial charge in [0.25, 0.3) is 11.4 Å². The molecule has 3 amide bonds. The number of halogens is 6. The van der Waals surface area contributed by atoms with Crippen molar-refractivity contribution < 1.29 is 60.3 Å². The Labute approximate surface area is 800 Å². The van der Waals surface area contributed by atoms with Gasteiger partial charge in [-0.05, 0) is 179 Å². The third-order valence-corrected chi connectivity index (χ3v) is 18.9. The van der Waals surface area contributed by atoms with Crippen molar-refractivity contribution in [3.8, 4) is 0 Å². The molecule has 7 N–H and O–H groups in total. The van der Waals surface area contributed by atoms with E-state index >= 15 is 0 Å². The summed E-state index contributed by atoms with van der Waals surface area (Å²) in [6.07, 6.45) is 5.04. The molecule has 0 saturated carbocycles. The van der Waals surface area contributed by atoms with E-state index in [4.69, 9.17) is 43.5 Å². The molecule has 0 saturated heterocycles. The molecule has 0 spiro atoms. The van der Waals surface area contributed by atoms with Crippen LogP contribution >= 0.6 is 0 Å². The number of hydrogen-bond acceptors (Lipinski definition) is 16. The summed E-state index contributed by atoms with van der Waals surface area (Å²) in [6, 6.07) is 36.8. The molecule has 8 aromatic rings. The fourth-order valence-corrected chi connectivity index (χ4v) is 13.6. The maximum atomic E-state index is 13.9. The number of benzene rings is 8. The number of anilines is 6. The summed E-state index contributed by atoms with van der Waals surface area (Å²) in [5, 5.41) is 35.9. The van der Waals surface area contributed by atoms with Crippen LogP contribution in [0.1, 0.15) is 197 Å². The third-order valence-electron chi connectivity index (χ3n) is 18.9. The number of amides is 3. The molecule has 0 aromatic heterocycles. The average molecular weight is 1890 g/mol. The molecule has 0 unspecified atom stereocenters. The predicted octanol–water partition coefficient (Wildman–Crippen LogP) is 24.8. The largest absolute Gasteiger partial charge is 0.397 e. The van der Waals surface area contributed by atoms with Gasteiger partial charge >= 0.3 is 5.69 Å². The highest BCUT2D eigenvalue weighted by Crippen LogP contribution is 2.35. The summed E-state index contributed by atoms with van der Waals surface area (Å²) in [4.78, 5) is 100. The van der Waals surface area contributed by atoms with Crippen LogP contribution < -0.4 is 42.1 Å². The molecule has 26 nitrogen and oxygen atoms in total. The predicted molar refractivity (Wildman–Crippen MR) is 534 cm³/mol. The molecule has 136 heavy (non-hydrogen) atoms. The molecule has 0 heterocycles. The lowest BCUT2D eigenvalue weighted by Gasteiger charge is -2.30. The van der Waals surface area contributed by atoms with Gasteiger partial charge in [0, 0.05) is 105 Å². The molecular formula is C104H138F6N16O10. The van der Waals surface area contributed by atoms with Crippen molar-refractivity contribution >= 4 is 80.7 Å². The van der Waals surface area contributed by atoms with Crippen molar-refractivity contribution in [2.45, 2.75) is 203 Å². The summed E-state index contributed by atoms with van der Waals surface area (Å²) in [6.45, 7) is 78.6. The van der Waals surface area contributed by atoms with Gasteiger partial charge < -0.3 is 61.5 Å². The summed E-state index contributed by atoms with van der Waals surface area (Å²) in [7, 11) is 0. The van der Waals surface area contributed by atoms with Crippen LogP contribution in [0.2, 0.25) is 0 Å². The number of carbonyl (C=O) groups is 3. The number of hydrogen-bond donors (Lipinski definition) is 4. The molecule has 0 atom stereocenters. The van der Waals surface area contributed by atoms with E-state index in [9.17, 15) is 75.9 Å². The van der Waals surface area contributed by atoms with Gasteiger partial charge in [-0.2, -0.15) is 9.38 Å². The number of isocyanates is 1. The van der Waals surface area contributed by atoms with Crippen molar-refractivity contribution in [1.29, 1.82) is 0 Å². The molecule has 0 aliphatic rings. The van der Waals surface area contributed by atoms with Gasteiger partial charge in [0.05, 0.1) is 56.8 Å². The van der Waals surface area contributed by atoms with Crippen molar-refractivity contribution in [2.75, 3.05) is 83.0 Å². The first-order chi connectivity index (χ1) is 63.9. The minimum absolute atomic E-state index is 0.00941. The second-order valence-corrected chi connectivity index (χ2v) is 36.9. The molecule has 0 radical (unpaired) electrons. The molecular weight excluding hydrogens is 1750 g/mol. The zero-order valence-corrected chi connectivity index (χ0v) is 82.4. The van der Waals surface area contributed by atoms with E-state index in [1.165, 1.54) is 55.7 Å². The topological polar surface area (TPSA) is 331 Å². The number of nitrogens with two attached hydrogens (primary N) is 3. The van der Waals surface area contributed by atoms with Crippen molar-refractivity contribution in [1.82, 2.24) is 0 Å². The van der Waals surface area contributed by atoms with E-state index in [0.29, 0.717) is 100 Å². The van der Waals surface area contributed by atoms with Gasteiger partial charge in [-0.25, -0.2) is 53.0 Å². The van der Waals surface area contributed by atoms with Crippen LogP contribution in [0.15, 0.2) is 157 Å². The molecule has 0 fully saturated rings. The van der Waals surface area contributed by atoms with Crippen LogP contribution in [0.5, 0.6) is 0 Å². The quantitative estimate of drug-likeness (QED) is 0.00529. The highest BCUT2D eigenvalue weighted by atomic mass is 19.2. The molecule has 0 bridgehead atoms. The molecule has 32 heteroatoms. The fourth-order valence-electron chi connectivity index (χ4n) is 13.6. The second kappa shape index (κ2) is 64.2. The number of carbonyl (C=O) groups excluding carboxylic acids is 4. The second-order valence-electron chi connectivity index (χ2n) is 36.9. The smallest absolute Gasteiger partial charge is 0.305 e. The Morgan fingerprint density at radius 3 is 1.05 bits per heavy atom. The van der Waals surface area contributed by atoms with Crippen LogP contribution in [0, 0.1) is 151 Å². The van der Waals surface area contributed by atoms with Crippen LogP contribution in [-0.2, 0) is 64.6 Å². The SMILES string of the molecule is CC(C)CCCC(C)C.CC(C)CN(CC(C)C)c1ccc(CC(N)=O)cc1[N+](=O)[O-].NC(=O)Cc1ccc(F)c([N+](=O)[O-])c1.O=C=Nc1ccc(F)cc1F.[C-]#[N+]Cc1ccc(F)cc1.[C-]#[N+]Cc1ccc(N(CC(C)C)CC(C)C)c(N)c1.[C-]#[N+]Cc1ccc(N(CC(C)C)CC(C)C)c(NC(=O)Cc2ccc(F)cc2F)c1.[C-]#[N+]Cc1ccc(N(CC(C)C)CC(C)C)c([N+](=O)[O-])c1. The first-order valence-electron chi connectivity index (χ1n) is 45.3. The first kappa shape index (κ1) is 120. The number of nitro benzene ring substituents is 3. The highest BCUT2D eigenvalue weighted by molar-refractivity contribution is 5.96. The Balaban J connectivity index is 0.000000799. The van der Waals surface area contributed by atoms with Crippen molar-refractivity contribution in [3.05, 3.63) is 302 Å². The lowest BCUT2D eigenvalue weighted by molar-refractivity contribution is -0.387. The minimum atomic E-state index is -0.928. The maximum absolute atomic E-state index is 13.9. The van der Waals surface area contributed by atoms with E-state index < -0.39 is 62.3 Å². The number of primary amides is 2. The number of nitrogen functional groups attached to an aromatic ring is 1. The monoisotopic (exact) mass is 1890 g/mol. The number of rotatable bonds is 39. The van der Waals surface area contributed by atoms with Crippen LogP contribution in [0.25, 0.3) is 19.4 Å². The summed E-state index contributed by atoms with van der Waals surface area (Å²) in [5.74, 6) is -0.230. The van der Waals surface area contributed by atoms with E-state index in [1.54, 1.807) is 36.4 Å². The molecule has 8 aromatic carbocycles. The molecule has 0 aliphatic carbocycles. The number of nitrogens with one attached hydrogen (secondary N) is 1. The van der Waals surface area contributed by atoms with Crippen LogP contribution in [0.4, 0.5) is 83.2 Å². The van der Waals surface area contributed by atoms with Gasteiger partial charge in [0.1, 0.15) is 40.3 Å². The Morgan fingerprint density at radius 1 is 0.375 bits per heavy atom. The van der Waals surface area contributed by atoms with Gasteiger partial charge in [-0.3, -0.25) is 44.7 Å². The van der Waals surface area contributed by atoms with E-state index in [0.717, 1.165) is 140 Å². The number of nitro groups is 3. The summed E-state index contributed by atoms with van der Waals surface area (Å²) in [5.41, 5.74) is 24.4. The minimum Gasteiger partial charge on any atom is -0.397 e. The Morgan fingerprint density at radius 2 is 0.691 bits per heavy atom. The maximum Gasteiger partial charge on any atom is 0.305 e. The molecule has 8 rings (SSSR count). The first-order valence-corrected chi connectivity index (χ1v) is 45.3. The van der Waals surface area contributed by atoms with Gasteiger partial charge in [0.2, 0.25) is 55.8 Å². The average Bonchev–Trinajstić information content (AvgIpc) is 0.820. The molecule has 0 aliphatic heterocycles. The fraction of sp³-hybridized carbons (Fsp3) is 0.462. The summed E-state index contributed by atoms with van der Waals surface area (Å²) < 4.78 is 76.9. The summed E-state index contributed by atoms with van der Waals surface area (Å²) >= 11 is 0. The molecule has 736 valence electrons. The van der Waals surface area contributed by atoms with Crippen LogP contribution in [-0.4, -0.2) is 90.9 Å². The zero-order valence-electron chi connectivity index (χ0n) is 82.4. The Hall–Kier alpha value is -13.7. The lowest BCUT2D eigenvalue weighted by Crippen LogP contribution is -2.32. The standard InChI is InChI=1S/C24H29F2N3O.C16H25N3O3.C16H23N3O2.C16H25N3.C9H20.C8H7FN2O3.C8H6FN.C7H3F2NO/c1-16(2)14-29(15-17(3)4)23-9-6-18(13-27-5)10-22(23)28-24(30)11-19-7-8-20(25)12-21(19)26;1-11(2)9-18(10-12(3)4)14-6-5-13(8-16(17)20)7-15(14)19(21)22;1-12(2)10-18(11-13(3)4)15-7-6-14(9-17-5)8-16(15)19(20)21;1-12(2)10-19(11-13(3)4)16-7-6-14(9-18-5)8-15(16)17;1-8(2)6-5-7-9(3)4;9-6-2-1-5(4-8(10)12)3-7(6)11(13)14;1-10-6-7-2-4-8(9)5-3-7;8-5-1-2-7(10-4-11)6(9)3-5/h6-10,12,16-17H,11,13-15H2,1-4H3,(H,28,30);5-7,11-12H,8-10H2,1-4H3,(H2,17,20);6-8,12-13H,9-11H2,1-4H3;6-8,12-13H,9-11,17H2,1-4H3;8-9H,5-7H2,1-4H3;1-3H,4H2,(H2,10,12);2-5H,6H2;1-3H.